The Morgan fingerprint density at radius 2 is 1.69 bits per heavy atom. The van der Waals surface area contributed by atoms with Crippen LogP contribution in [0, 0.1) is 13.8 Å². The zero-order valence-corrected chi connectivity index (χ0v) is 24.5. The van der Waals surface area contributed by atoms with Crippen LogP contribution >= 0.6 is 11.3 Å². The fourth-order valence-electron chi connectivity index (χ4n) is 4.84. The molecule has 1 saturated heterocycles. The van der Waals surface area contributed by atoms with Crippen molar-refractivity contribution in [2.75, 3.05) is 11.5 Å². The lowest BCUT2D eigenvalue weighted by Crippen LogP contribution is -2.29. The molecule has 3 aromatic carbocycles. The first kappa shape index (κ1) is 28.8. The third-order valence-corrected chi connectivity index (χ3v) is 8.16. The summed E-state index contributed by atoms with van der Waals surface area (Å²) in [4.78, 5) is 45.5. The molecule has 8 nitrogen and oxygen atoms in total. The monoisotopic (exact) mass is 582 g/mol. The van der Waals surface area contributed by atoms with Gasteiger partial charge in [0.1, 0.15) is 12.4 Å². The van der Waals surface area contributed by atoms with Gasteiger partial charge in [-0.1, -0.05) is 77.6 Å². The second kappa shape index (κ2) is 12.0. The van der Waals surface area contributed by atoms with Crippen LogP contribution in [0.25, 0.3) is 5.76 Å². The van der Waals surface area contributed by atoms with Crippen molar-refractivity contribution in [3.8, 4) is 11.5 Å². The van der Waals surface area contributed by atoms with E-state index in [2.05, 4.69) is 4.98 Å². The Labute approximate surface area is 247 Å². The average molecular weight is 583 g/mol. The van der Waals surface area contributed by atoms with Crippen LogP contribution in [0.15, 0.2) is 78.4 Å². The number of hydrogen-bond acceptors (Lipinski definition) is 8. The van der Waals surface area contributed by atoms with Crippen molar-refractivity contribution in [3.05, 3.63) is 111 Å². The summed E-state index contributed by atoms with van der Waals surface area (Å²) < 4.78 is 12.0. The molecule has 0 bridgehead atoms. The minimum Gasteiger partial charge on any atom is -0.507 e. The quantitative estimate of drug-likeness (QED) is 0.103. The van der Waals surface area contributed by atoms with Gasteiger partial charge in [0, 0.05) is 12.5 Å². The van der Waals surface area contributed by atoms with E-state index in [4.69, 9.17) is 9.47 Å². The minimum atomic E-state index is -1.03. The minimum absolute atomic E-state index is 0.0820. The first-order chi connectivity index (χ1) is 20.2. The van der Waals surface area contributed by atoms with E-state index >= 15 is 0 Å². The maximum Gasteiger partial charge on any atom is 0.301 e. The lowest BCUT2D eigenvalue weighted by molar-refractivity contribution is -0.132. The van der Waals surface area contributed by atoms with E-state index in [1.807, 2.05) is 56.3 Å². The zero-order chi connectivity index (χ0) is 30.0. The fraction of sp³-hybridized carbons (Fsp3) is 0.212. The van der Waals surface area contributed by atoms with Gasteiger partial charge in [-0.2, -0.15) is 0 Å². The molecule has 1 aliphatic rings. The largest absolute Gasteiger partial charge is 0.507 e. The van der Waals surface area contributed by atoms with E-state index in [9.17, 15) is 19.5 Å². The lowest BCUT2D eigenvalue weighted by atomic mass is 9.95. The molecule has 0 radical (unpaired) electrons. The number of aliphatic hydroxyl groups excluding tert-OH is 1. The highest BCUT2D eigenvalue weighted by Crippen LogP contribution is 2.45. The normalized spacial score (nSPS) is 16.1. The number of hydrogen-bond donors (Lipinski definition) is 1. The number of carbonyl (C=O) groups excluding carboxylic acids is 3. The van der Waals surface area contributed by atoms with Crippen LogP contribution in [-0.2, 0) is 16.2 Å². The van der Waals surface area contributed by atoms with Crippen LogP contribution in [0.5, 0.6) is 11.5 Å². The summed E-state index contributed by atoms with van der Waals surface area (Å²) in [5.74, 6) is -1.28. The molecule has 0 saturated carbocycles. The Bertz CT molecular complexity index is 1690. The van der Waals surface area contributed by atoms with Gasteiger partial charge in [-0.05, 0) is 44.0 Å². The molecular formula is C33H30N2O6S. The maximum absolute atomic E-state index is 13.6. The molecule has 0 aliphatic carbocycles. The Balaban J connectivity index is 1.65. The average Bonchev–Trinajstić information content (AvgIpc) is 3.49. The SMILES string of the molecule is CCOc1cc(C2/C(=C(\O)c3ccc(C)cc3)C(=O)C(=O)N2c2nc(C)c(C(C)=O)s2)ccc1OCc1ccccc1. The molecule has 4 aromatic rings. The second-order valence-corrected chi connectivity index (χ2v) is 10.9. The number of carbonyl (C=O) groups is 3. The second-order valence-electron chi connectivity index (χ2n) is 9.92. The smallest absolute Gasteiger partial charge is 0.301 e. The van der Waals surface area contributed by atoms with Crippen LogP contribution in [0.4, 0.5) is 5.13 Å². The topological polar surface area (TPSA) is 106 Å². The predicted octanol–water partition coefficient (Wildman–Crippen LogP) is 6.57. The number of rotatable bonds is 9. The summed E-state index contributed by atoms with van der Waals surface area (Å²) in [7, 11) is 0. The number of aliphatic hydroxyl groups is 1. The Hall–Kier alpha value is -4.76. The van der Waals surface area contributed by atoms with Crippen molar-refractivity contribution in [3.63, 3.8) is 0 Å². The van der Waals surface area contributed by atoms with E-state index < -0.39 is 17.7 Å². The molecule has 1 fully saturated rings. The number of aryl methyl sites for hydroxylation is 2. The van der Waals surface area contributed by atoms with E-state index in [1.54, 1.807) is 37.3 Å². The zero-order valence-electron chi connectivity index (χ0n) is 23.7. The van der Waals surface area contributed by atoms with Crippen molar-refractivity contribution < 1.29 is 29.0 Å². The molecule has 0 spiro atoms. The molecule has 2 heterocycles. The van der Waals surface area contributed by atoms with Crippen molar-refractivity contribution in [2.45, 2.75) is 40.3 Å². The highest BCUT2D eigenvalue weighted by Gasteiger charge is 2.48. The van der Waals surface area contributed by atoms with E-state index in [-0.39, 0.29) is 22.2 Å². The third-order valence-electron chi connectivity index (χ3n) is 6.90. The number of benzene rings is 3. The number of thiazole rings is 1. The molecule has 1 atom stereocenters. The van der Waals surface area contributed by atoms with E-state index in [0.29, 0.717) is 46.4 Å². The van der Waals surface area contributed by atoms with Gasteiger partial charge >= 0.3 is 5.91 Å². The molecule has 1 N–H and O–H groups in total. The van der Waals surface area contributed by atoms with Crippen LogP contribution in [0.3, 0.4) is 0 Å². The summed E-state index contributed by atoms with van der Waals surface area (Å²) in [6.45, 7) is 7.53. The van der Waals surface area contributed by atoms with Gasteiger partial charge in [0.2, 0.25) is 0 Å². The van der Waals surface area contributed by atoms with E-state index in [0.717, 1.165) is 22.5 Å². The van der Waals surface area contributed by atoms with Crippen molar-refractivity contribution in [1.29, 1.82) is 0 Å². The number of amides is 1. The summed E-state index contributed by atoms with van der Waals surface area (Å²) in [5.41, 5.74) is 3.25. The Kier molecular flexibility index (Phi) is 8.22. The third kappa shape index (κ3) is 5.56. The Morgan fingerprint density at radius 3 is 2.33 bits per heavy atom. The van der Waals surface area contributed by atoms with Gasteiger partial charge in [-0.25, -0.2) is 4.98 Å². The van der Waals surface area contributed by atoms with E-state index in [1.165, 1.54) is 11.8 Å². The van der Waals surface area contributed by atoms with Crippen molar-refractivity contribution >= 4 is 39.7 Å². The number of ketones is 2. The van der Waals surface area contributed by atoms with Gasteiger partial charge in [0.25, 0.3) is 5.78 Å². The summed E-state index contributed by atoms with van der Waals surface area (Å²) >= 11 is 1.04. The molecule has 1 aromatic heterocycles. The summed E-state index contributed by atoms with van der Waals surface area (Å²) in [6, 6.07) is 20.9. The number of ether oxygens (including phenoxy) is 2. The predicted molar refractivity (Wildman–Crippen MR) is 161 cm³/mol. The van der Waals surface area contributed by atoms with Crippen LogP contribution in [0.2, 0.25) is 0 Å². The van der Waals surface area contributed by atoms with Crippen LogP contribution in [0.1, 0.15) is 57.5 Å². The van der Waals surface area contributed by atoms with Crippen molar-refractivity contribution in [1.82, 2.24) is 4.98 Å². The summed E-state index contributed by atoms with van der Waals surface area (Å²) in [5, 5.41) is 11.6. The molecule has 9 heteroatoms. The summed E-state index contributed by atoms with van der Waals surface area (Å²) in [6.07, 6.45) is 0. The van der Waals surface area contributed by atoms with Crippen molar-refractivity contribution in [2.24, 2.45) is 0 Å². The Morgan fingerprint density at radius 1 is 0.976 bits per heavy atom. The van der Waals surface area contributed by atoms with Crippen LogP contribution in [-0.4, -0.2) is 34.2 Å². The van der Waals surface area contributed by atoms with Gasteiger partial charge < -0.3 is 14.6 Å². The number of nitrogens with zero attached hydrogens (tertiary/aromatic N) is 2. The van der Waals surface area contributed by atoms with Gasteiger partial charge in [-0.3, -0.25) is 19.3 Å². The molecule has 1 aliphatic heterocycles. The standard InChI is InChI=1S/C33H30N2O6S/c1-5-40-26-17-24(15-16-25(26)41-18-22-9-7-6-8-10-22)28-27(29(37)23-13-11-19(2)12-14-23)30(38)32(39)35(28)33-34-20(3)31(42-33)21(4)36/h6-17,28,37H,5,18H2,1-4H3/b29-27+. The molecule has 1 amide bonds. The van der Waals surface area contributed by atoms with Gasteiger partial charge in [0.05, 0.1) is 28.8 Å². The molecule has 214 valence electrons. The highest BCUT2D eigenvalue weighted by atomic mass is 32.1. The molecular weight excluding hydrogens is 552 g/mol. The van der Waals surface area contributed by atoms with Gasteiger partial charge in [-0.15, -0.1) is 0 Å². The first-order valence-corrected chi connectivity index (χ1v) is 14.3. The molecule has 1 unspecified atom stereocenters. The van der Waals surface area contributed by atoms with Crippen LogP contribution < -0.4 is 14.4 Å². The maximum atomic E-state index is 13.6. The first-order valence-electron chi connectivity index (χ1n) is 13.5. The number of anilines is 1. The lowest BCUT2D eigenvalue weighted by Gasteiger charge is -2.24. The van der Waals surface area contributed by atoms with Gasteiger partial charge in [0.15, 0.2) is 22.4 Å². The molecule has 42 heavy (non-hydrogen) atoms. The molecule has 5 rings (SSSR count). The highest BCUT2D eigenvalue weighted by molar-refractivity contribution is 7.18. The number of Topliss-reactive ketones (excluding diaryl/α,β-unsaturated/α-hetero) is 2. The number of aromatic nitrogens is 1. The fourth-order valence-corrected chi connectivity index (χ4v) is 5.83.